The van der Waals surface area contributed by atoms with E-state index in [0.717, 1.165) is 5.56 Å². The Labute approximate surface area is 182 Å². The fourth-order valence-corrected chi connectivity index (χ4v) is 3.19. The molecule has 7 nitrogen and oxygen atoms in total. The smallest absolute Gasteiger partial charge is 0.335 e. The van der Waals surface area contributed by atoms with Gasteiger partial charge >= 0.3 is 5.97 Å². The molecule has 0 radical (unpaired) electrons. The molecule has 0 fully saturated rings. The van der Waals surface area contributed by atoms with Crippen LogP contribution in [0.2, 0.25) is 0 Å². The molecule has 1 heterocycles. The standard InChI is InChI=1S/C25H19NO6/c27-21(26-14-16-10-12-18(13-11-16)25(29)30)15-31-24-22(28)19-8-4-5-9-20(19)32-23(24)17-6-2-1-3-7-17/h1-13H,14-15H2,(H,26,27)(H,29,30). The molecule has 0 aliphatic heterocycles. The first-order valence-corrected chi connectivity index (χ1v) is 9.86. The lowest BCUT2D eigenvalue weighted by Gasteiger charge is -2.12. The minimum Gasteiger partial charge on any atom is -0.478 e. The Morgan fingerprint density at radius 3 is 2.31 bits per heavy atom. The van der Waals surface area contributed by atoms with E-state index in [-0.39, 0.29) is 35.7 Å². The summed E-state index contributed by atoms with van der Waals surface area (Å²) in [6.07, 6.45) is 0. The molecule has 32 heavy (non-hydrogen) atoms. The first kappa shape index (κ1) is 20.9. The van der Waals surface area contributed by atoms with Gasteiger partial charge in [0, 0.05) is 12.1 Å². The van der Waals surface area contributed by atoms with E-state index in [1.54, 1.807) is 48.5 Å². The number of carbonyl (C=O) groups excluding carboxylic acids is 1. The van der Waals surface area contributed by atoms with Crippen LogP contribution in [0.1, 0.15) is 15.9 Å². The van der Waals surface area contributed by atoms with E-state index in [9.17, 15) is 14.4 Å². The molecule has 3 aromatic carbocycles. The third-order valence-electron chi connectivity index (χ3n) is 4.83. The third kappa shape index (κ3) is 4.52. The molecule has 0 atom stereocenters. The van der Waals surface area contributed by atoms with Crippen molar-refractivity contribution in [2.75, 3.05) is 6.61 Å². The first-order chi connectivity index (χ1) is 15.5. The number of para-hydroxylation sites is 1. The van der Waals surface area contributed by atoms with Crippen molar-refractivity contribution in [3.8, 4) is 17.1 Å². The van der Waals surface area contributed by atoms with Crippen molar-refractivity contribution in [2.45, 2.75) is 6.54 Å². The SMILES string of the molecule is O=C(COc1c(-c2ccccc2)oc2ccccc2c1=O)NCc1ccc(C(=O)O)cc1. The second-order valence-corrected chi connectivity index (χ2v) is 7.02. The molecule has 0 unspecified atom stereocenters. The molecule has 0 aliphatic carbocycles. The molecule has 0 saturated carbocycles. The zero-order valence-corrected chi connectivity index (χ0v) is 16.9. The Morgan fingerprint density at radius 1 is 0.906 bits per heavy atom. The number of benzene rings is 3. The lowest BCUT2D eigenvalue weighted by atomic mass is 10.1. The largest absolute Gasteiger partial charge is 0.478 e. The van der Waals surface area contributed by atoms with Gasteiger partial charge in [-0.25, -0.2) is 4.79 Å². The van der Waals surface area contributed by atoms with Crippen molar-refractivity contribution in [3.05, 3.63) is 100 Å². The number of fused-ring (bicyclic) bond motifs is 1. The summed E-state index contributed by atoms with van der Waals surface area (Å²) in [6, 6.07) is 22.1. The van der Waals surface area contributed by atoms with Gasteiger partial charge in [0.1, 0.15) is 5.58 Å². The van der Waals surface area contributed by atoms with Crippen molar-refractivity contribution in [1.82, 2.24) is 5.32 Å². The van der Waals surface area contributed by atoms with Gasteiger partial charge in [0.25, 0.3) is 5.91 Å². The van der Waals surface area contributed by atoms with Crippen molar-refractivity contribution >= 4 is 22.8 Å². The number of amides is 1. The van der Waals surface area contributed by atoms with E-state index >= 15 is 0 Å². The number of nitrogens with one attached hydrogen (secondary N) is 1. The van der Waals surface area contributed by atoms with Gasteiger partial charge in [0.2, 0.25) is 11.2 Å². The van der Waals surface area contributed by atoms with Crippen LogP contribution in [0.5, 0.6) is 5.75 Å². The molecule has 0 saturated heterocycles. The van der Waals surface area contributed by atoms with Crippen molar-refractivity contribution in [2.24, 2.45) is 0 Å². The molecule has 160 valence electrons. The van der Waals surface area contributed by atoms with E-state index in [0.29, 0.717) is 16.5 Å². The second kappa shape index (κ2) is 9.18. The molecule has 4 rings (SSSR count). The second-order valence-electron chi connectivity index (χ2n) is 7.02. The number of rotatable bonds is 7. The maximum absolute atomic E-state index is 13.0. The van der Waals surface area contributed by atoms with E-state index in [2.05, 4.69) is 5.32 Å². The molecule has 0 spiro atoms. The van der Waals surface area contributed by atoms with Crippen LogP contribution in [0.4, 0.5) is 0 Å². The highest BCUT2D eigenvalue weighted by molar-refractivity contribution is 5.87. The van der Waals surface area contributed by atoms with Crippen molar-refractivity contribution in [1.29, 1.82) is 0 Å². The summed E-state index contributed by atoms with van der Waals surface area (Å²) in [5.74, 6) is -1.22. The minimum absolute atomic E-state index is 0.0316. The van der Waals surface area contributed by atoms with Gasteiger partial charge in [-0.2, -0.15) is 0 Å². The highest BCUT2D eigenvalue weighted by atomic mass is 16.5. The van der Waals surface area contributed by atoms with Gasteiger partial charge in [-0.15, -0.1) is 0 Å². The molecular weight excluding hydrogens is 410 g/mol. The average molecular weight is 429 g/mol. The normalized spacial score (nSPS) is 10.6. The van der Waals surface area contributed by atoms with Crippen LogP contribution in [0.25, 0.3) is 22.3 Å². The molecule has 7 heteroatoms. The molecular formula is C25H19NO6. The van der Waals surface area contributed by atoms with Crippen molar-refractivity contribution < 1.29 is 23.8 Å². The fraction of sp³-hybridized carbons (Fsp3) is 0.0800. The Morgan fingerprint density at radius 2 is 1.59 bits per heavy atom. The van der Waals surface area contributed by atoms with Crippen molar-refractivity contribution in [3.63, 3.8) is 0 Å². The number of carboxylic acid groups (broad SMARTS) is 1. The maximum atomic E-state index is 13.0. The molecule has 1 aromatic heterocycles. The monoisotopic (exact) mass is 429 g/mol. The number of carbonyl (C=O) groups is 2. The van der Waals surface area contributed by atoms with Crippen LogP contribution in [0, 0.1) is 0 Å². The molecule has 2 N–H and O–H groups in total. The third-order valence-corrected chi connectivity index (χ3v) is 4.83. The van der Waals surface area contributed by atoms with Gasteiger partial charge < -0.3 is 19.6 Å². The number of hydrogen-bond donors (Lipinski definition) is 2. The lowest BCUT2D eigenvalue weighted by molar-refractivity contribution is -0.123. The van der Waals surface area contributed by atoms with E-state index in [1.807, 2.05) is 18.2 Å². The summed E-state index contributed by atoms with van der Waals surface area (Å²) in [7, 11) is 0. The lowest BCUT2D eigenvalue weighted by Crippen LogP contribution is -2.29. The van der Waals surface area contributed by atoms with Crippen LogP contribution in [0.15, 0.2) is 88.1 Å². The van der Waals surface area contributed by atoms with Crippen LogP contribution < -0.4 is 15.5 Å². The van der Waals surface area contributed by atoms with Crippen LogP contribution in [-0.4, -0.2) is 23.6 Å². The Hall–Kier alpha value is -4.39. The summed E-state index contributed by atoms with van der Waals surface area (Å²) in [6.45, 7) is -0.184. The zero-order chi connectivity index (χ0) is 22.5. The van der Waals surface area contributed by atoms with E-state index in [1.165, 1.54) is 12.1 Å². The number of aromatic carboxylic acids is 1. The highest BCUT2D eigenvalue weighted by Gasteiger charge is 2.18. The van der Waals surface area contributed by atoms with Gasteiger partial charge in [0.15, 0.2) is 12.4 Å². The Bertz CT molecular complexity index is 1330. The zero-order valence-electron chi connectivity index (χ0n) is 16.9. The summed E-state index contributed by atoms with van der Waals surface area (Å²) < 4.78 is 11.6. The summed E-state index contributed by atoms with van der Waals surface area (Å²) in [5, 5.41) is 12.0. The van der Waals surface area contributed by atoms with E-state index in [4.69, 9.17) is 14.3 Å². The fourth-order valence-electron chi connectivity index (χ4n) is 3.19. The van der Waals surface area contributed by atoms with Crippen LogP contribution >= 0.6 is 0 Å². The molecule has 0 aliphatic rings. The predicted octanol–water partition coefficient (Wildman–Crippen LogP) is 3.85. The van der Waals surface area contributed by atoms with Gasteiger partial charge in [-0.05, 0) is 29.8 Å². The number of hydrogen-bond acceptors (Lipinski definition) is 5. The topological polar surface area (TPSA) is 106 Å². The quantitative estimate of drug-likeness (QED) is 0.462. The predicted molar refractivity (Wildman–Crippen MR) is 119 cm³/mol. The number of ether oxygens (including phenoxy) is 1. The number of carboxylic acids is 1. The summed E-state index contributed by atoms with van der Waals surface area (Å²) >= 11 is 0. The summed E-state index contributed by atoms with van der Waals surface area (Å²) in [5.41, 5.74) is 1.63. The maximum Gasteiger partial charge on any atom is 0.335 e. The minimum atomic E-state index is -1.02. The van der Waals surface area contributed by atoms with Gasteiger partial charge in [-0.1, -0.05) is 54.6 Å². The van der Waals surface area contributed by atoms with Gasteiger partial charge in [0.05, 0.1) is 10.9 Å². The molecule has 1 amide bonds. The highest BCUT2D eigenvalue weighted by Crippen LogP contribution is 2.30. The van der Waals surface area contributed by atoms with Gasteiger partial charge in [-0.3, -0.25) is 9.59 Å². The molecule has 0 bridgehead atoms. The first-order valence-electron chi connectivity index (χ1n) is 9.86. The Balaban J connectivity index is 1.52. The van der Waals surface area contributed by atoms with Crippen LogP contribution in [0.3, 0.4) is 0 Å². The Kier molecular flexibility index (Phi) is 5.98. The van der Waals surface area contributed by atoms with E-state index < -0.39 is 11.9 Å². The summed E-state index contributed by atoms with van der Waals surface area (Å²) in [4.78, 5) is 36.3. The average Bonchev–Trinajstić information content (AvgIpc) is 2.83. The van der Waals surface area contributed by atoms with Crippen LogP contribution in [-0.2, 0) is 11.3 Å². The molecule has 4 aromatic rings.